The number of nitrogen functional groups attached to an aromatic ring is 1. The molecule has 3 aromatic carbocycles. The van der Waals surface area contributed by atoms with Crippen LogP contribution < -0.4 is 16.0 Å². The zero-order valence-corrected chi connectivity index (χ0v) is 18.4. The fraction of sp³-hybridized carbons (Fsp3) is 0.250. The molecule has 1 fully saturated rings. The Hall–Kier alpha value is -2.83. The third-order valence-electron chi connectivity index (χ3n) is 5.27. The lowest BCUT2D eigenvalue weighted by Gasteiger charge is -2.34. The minimum Gasteiger partial charge on any atom is -0.505 e. The Morgan fingerprint density at radius 3 is 2.13 bits per heavy atom. The Kier molecular flexibility index (Phi) is 7.49. The molecule has 3 aromatic rings. The van der Waals surface area contributed by atoms with Gasteiger partial charge in [0.15, 0.2) is 0 Å². The number of nitrogens with zero attached hydrogens (tertiary/aromatic N) is 2. The number of rotatable bonds is 3. The summed E-state index contributed by atoms with van der Waals surface area (Å²) in [6.07, 6.45) is 0. The third-order valence-corrected chi connectivity index (χ3v) is 5.57. The molecule has 0 radical (unpaired) electrons. The molecule has 4 rings (SSSR count). The van der Waals surface area contributed by atoms with Crippen LogP contribution in [0.4, 0.5) is 17.1 Å². The normalized spacial score (nSPS) is 14.0. The molecule has 4 N–H and O–H groups in total. The summed E-state index contributed by atoms with van der Waals surface area (Å²) >= 11 is 4.20. The number of phenols is 1. The number of phenolic OH excluding ortho intramolecular Hbond substituents is 1. The van der Waals surface area contributed by atoms with E-state index in [0.29, 0.717) is 5.69 Å². The van der Waals surface area contributed by atoms with Crippen molar-refractivity contribution in [3.8, 4) is 16.9 Å². The van der Waals surface area contributed by atoms with Crippen LogP contribution in [-0.4, -0.2) is 50.3 Å². The van der Waals surface area contributed by atoms with Crippen LogP contribution in [0, 0.1) is 0 Å². The van der Waals surface area contributed by atoms with Crippen LogP contribution in [-0.2, 0) is 0 Å². The van der Waals surface area contributed by atoms with E-state index in [-0.39, 0.29) is 5.75 Å². The molecule has 1 heterocycles. The predicted molar refractivity (Wildman–Crippen MR) is 131 cm³/mol. The van der Waals surface area contributed by atoms with Crippen molar-refractivity contribution in [1.82, 2.24) is 4.90 Å². The number of likely N-dealkylation sites (N-methyl/N-ethyl adjacent to an activating group) is 1. The zero-order chi connectivity index (χ0) is 21.5. The highest BCUT2D eigenvalue weighted by Gasteiger charge is 2.13. The lowest BCUT2D eigenvalue weighted by Crippen LogP contribution is -2.44. The fourth-order valence-electron chi connectivity index (χ4n) is 3.34. The lowest BCUT2D eigenvalue weighted by atomic mass is 10.0. The van der Waals surface area contributed by atoms with Crippen LogP contribution in [0.2, 0.25) is 0 Å². The minimum atomic E-state index is 0.129. The second kappa shape index (κ2) is 10.3. The molecule has 0 amide bonds. The highest BCUT2D eigenvalue weighted by Crippen LogP contribution is 2.33. The maximum atomic E-state index is 9.78. The summed E-state index contributed by atoms with van der Waals surface area (Å²) in [7, 11) is 4.13. The van der Waals surface area contributed by atoms with E-state index in [1.165, 1.54) is 11.4 Å². The second-order valence-corrected chi connectivity index (χ2v) is 7.89. The van der Waals surface area contributed by atoms with Crippen LogP contribution in [0.3, 0.4) is 0 Å². The number of nitrogens with two attached hydrogens (primary N) is 1. The van der Waals surface area contributed by atoms with Gasteiger partial charge < -0.3 is 26.0 Å². The molecule has 0 aliphatic carbocycles. The van der Waals surface area contributed by atoms with E-state index in [1.807, 2.05) is 43.4 Å². The van der Waals surface area contributed by atoms with Crippen LogP contribution in [0.5, 0.6) is 5.75 Å². The van der Waals surface area contributed by atoms with Gasteiger partial charge in [0, 0.05) is 55.1 Å². The monoisotopic (exact) mass is 422 g/mol. The molecule has 1 aliphatic rings. The van der Waals surface area contributed by atoms with Crippen molar-refractivity contribution in [3.63, 3.8) is 0 Å². The maximum absolute atomic E-state index is 9.78. The summed E-state index contributed by atoms with van der Waals surface area (Å²) in [4.78, 5) is 5.71. The summed E-state index contributed by atoms with van der Waals surface area (Å²) < 4.78 is 0. The average molecular weight is 423 g/mol. The van der Waals surface area contributed by atoms with Crippen molar-refractivity contribution < 1.29 is 5.11 Å². The first-order valence-corrected chi connectivity index (χ1v) is 10.5. The summed E-state index contributed by atoms with van der Waals surface area (Å²) in [5.41, 5.74) is 10.2. The molecule has 6 heteroatoms. The van der Waals surface area contributed by atoms with Gasteiger partial charge in [0.05, 0.1) is 5.69 Å². The van der Waals surface area contributed by atoms with E-state index in [4.69, 9.17) is 5.73 Å². The summed E-state index contributed by atoms with van der Waals surface area (Å²) in [6, 6.07) is 21.5. The average Bonchev–Trinajstić information content (AvgIpc) is 2.77. The quantitative estimate of drug-likeness (QED) is 0.286. The van der Waals surface area contributed by atoms with Gasteiger partial charge in [-0.3, -0.25) is 0 Å². The molecular weight excluding hydrogens is 392 g/mol. The number of nitrogens with one attached hydrogen (secondary N) is 1. The number of anilines is 3. The topological polar surface area (TPSA) is 64.8 Å². The van der Waals surface area contributed by atoms with Gasteiger partial charge in [0.25, 0.3) is 0 Å². The molecule has 0 spiro atoms. The highest BCUT2D eigenvalue weighted by molar-refractivity contribution is 7.80. The summed E-state index contributed by atoms with van der Waals surface area (Å²) in [6.45, 7) is 4.59. The lowest BCUT2D eigenvalue weighted by molar-refractivity contribution is 0.313. The maximum Gasteiger partial charge on any atom is 0.146 e. The van der Waals surface area contributed by atoms with Gasteiger partial charge in [-0.25, -0.2) is 0 Å². The first-order chi connectivity index (χ1) is 14.5. The molecular formula is C24H30N4OS. The number of aromatic hydroxyl groups is 1. The summed E-state index contributed by atoms with van der Waals surface area (Å²) in [5.74, 6) is 0.129. The minimum absolute atomic E-state index is 0.129. The number of benzene rings is 3. The van der Waals surface area contributed by atoms with E-state index in [0.717, 1.165) is 42.2 Å². The van der Waals surface area contributed by atoms with Crippen LogP contribution in [0.25, 0.3) is 11.1 Å². The Labute approximate surface area is 184 Å². The fourth-order valence-corrected chi connectivity index (χ4v) is 3.49. The number of piperazine rings is 1. The first kappa shape index (κ1) is 21.9. The van der Waals surface area contributed by atoms with Gasteiger partial charge in [-0.1, -0.05) is 24.3 Å². The number of thiol groups is 1. The van der Waals surface area contributed by atoms with Crippen molar-refractivity contribution in [3.05, 3.63) is 66.7 Å². The van der Waals surface area contributed by atoms with Gasteiger partial charge in [-0.15, -0.1) is 12.6 Å². The smallest absolute Gasteiger partial charge is 0.146 e. The standard InChI is InChI=1S/C12H19N3.C12H11NOS/c1-13-11-3-5-12(6-4-11)15-9-7-14(2)8-10-15;13-11-3-1-2-10(12(11)14)8-4-6-9(15)7-5-8/h3-6,13H,7-10H2,1-2H3;1-7,14-15H,13H2. The molecule has 0 saturated carbocycles. The van der Waals surface area contributed by atoms with Gasteiger partial charge in [-0.2, -0.15) is 0 Å². The van der Waals surface area contributed by atoms with E-state index in [2.05, 4.69) is 59.1 Å². The molecule has 0 atom stereocenters. The predicted octanol–water partition coefficient (Wildman–Crippen LogP) is 4.41. The molecule has 158 valence electrons. The number of hydrogen-bond acceptors (Lipinski definition) is 6. The van der Waals surface area contributed by atoms with Crippen molar-refractivity contribution in [2.75, 3.05) is 56.2 Å². The number of para-hydroxylation sites is 1. The first-order valence-electron chi connectivity index (χ1n) is 10.1. The number of hydrogen-bond donors (Lipinski definition) is 4. The Bertz CT molecular complexity index is 936. The second-order valence-electron chi connectivity index (χ2n) is 7.38. The van der Waals surface area contributed by atoms with E-state index in [9.17, 15) is 5.11 Å². The molecule has 0 aromatic heterocycles. The Morgan fingerprint density at radius 2 is 1.53 bits per heavy atom. The van der Waals surface area contributed by atoms with E-state index < -0.39 is 0 Å². The van der Waals surface area contributed by atoms with E-state index >= 15 is 0 Å². The summed E-state index contributed by atoms with van der Waals surface area (Å²) in [5, 5.41) is 12.9. The Morgan fingerprint density at radius 1 is 0.900 bits per heavy atom. The zero-order valence-electron chi connectivity index (χ0n) is 17.5. The SMILES string of the molecule is CNc1ccc(N2CCN(C)CC2)cc1.Nc1cccc(-c2ccc(S)cc2)c1O. The molecule has 1 aliphatic heterocycles. The van der Waals surface area contributed by atoms with Gasteiger partial charge in [0.2, 0.25) is 0 Å². The molecule has 1 saturated heterocycles. The Balaban J connectivity index is 0.000000171. The van der Waals surface area contributed by atoms with Crippen LogP contribution in [0.1, 0.15) is 0 Å². The van der Waals surface area contributed by atoms with E-state index in [1.54, 1.807) is 6.07 Å². The van der Waals surface area contributed by atoms with Crippen LogP contribution >= 0.6 is 12.6 Å². The van der Waals surface area contributed by atoms with Crippen molar-refractivity contribution >= 4 is 29.7 Å². The van der Waals surface area contributed by atoms with Crippen molar-refractivity contribution in [2.24, 2.45) is 0 Å². The van der Waals surface area contributed by atoms with Crippen molar-refractivity contribution in [2.45, 2.75) is 4.90 Å². The van der Waals surface area contributed by atoms with Gasteiger partial charge in [0.1, 0.15) is 5.75 Å². The molecule has 0 bridgehead atoms. The van der Waals surface area contributed by atoms with Gasteiger partial charge in [-0.05, 0) is 55.1 Å². The largest absolute Gasteiger partial charge is 0.505 e. The highest BCUT2D eigenvalue weighted by atomic mass is 32.1. The molecule has 30 heavy (non-hydrogen) atoms. The third kappa shape index (κ3) is 5.62. The molecule has 5 nitrogen and oxygen atoms in total. The van der Waals surface area contributed by atoms with Crippen LogP contribution in [0.15, 0.2) is 71.6 Å². The molecule has 0 unspecified atom stereocenters. The van der Waals surface area contributed by atoms with Gasteiger partial charge >= 0.3 is 0 Å². The van der Waals surface area contributed by atoms with Crippen molar-refractivity contribution in [1.29, 1.82) is 0 Å².